The lowest BCUT2D eigenvalue weighted by molar-refractivity contribution is -0.123. The lowest BCUT2D eigenvalue weighted by Gasteiger charge is -2.19. The average Bonchev–Trinajstić information content (AvgIpc) is 3.24. The summed E-state index contributed by atoms with van der Waals surface area (Å²) in [7, 11) is 0. The third kappa shape index (κ3) is 47.5. The maximum atomic E-state index is 12.4. The smallest absolute Gasteiger partial charge is 0.220 e. The van der Waals surface area contributed by atoms with Gasteiger partial charge in [-0.25, -0.2) is 0 Å². The Kier molecular flexibility index (Phi) is 49.8. The number of hydrogen-bond acceptors (Lipinski definition) is 3. The second-order valence-corrected chi connectivity index (χ2v) is 18.3. The molecule has 0 radical (unpaired) electrons. The fourth-order valence-corrected chi connectivity index (χ4v) is 8.25. The van der Waals surface area contributed by atoms with Crippen molar-refractivity contribution in [1.82, 2.24) is 5.32 Å². The Bertz CT molecular complexity index is 897. The number of aliphatic hydroxyl groups is 2. The van der Waals surface area contributed by atoms with E-state index in [2.05, 4.69) is 43.5 Å². The van der Waals surface area contributed by atoms with Gasteiger partial charge >= 0.3 is 0 Å². The topological polar surface area (TPSA) is 69.6 Å². The van der Waals surface area contributed by atoms with Gasteiger partial charge < -0.3 is 15.5 Å². The fraction of sp³-hybridized carbons (Fsp3) is 0.873. The van der Waals surface area contributed by atoms with Crippen LogP contribution in [0, 0.1) is 0 Å². The first-order valence-electron chi connectivity index (χ1n) is 26.7. The van der Waals surface area contributed by atoms with Gasteiger partial charge in [0.1, 0.15) is 0 Å². The van der Waals surface area contributed by atoms with E-state index in [9.17, 15) is 15.0 Å². The highest BCUT2D eigenvalue weighted by molar-refractivity contribution is 5.76. The van der Waals surface area contributed by atoms with Crippen molar-refractivity contribution in [2.75, 3.05) is 6.61 Å². The van der Waals surface area contributed by atoms with Crippen molar-refractivity contribution < 1.29 is 15.0 Å². The fourth-order valence-electron chi connectivity index (χ4n) is 8.25. The van der Waals surface area contributed by atoms with Gasteiger partial charge in [0.15, 0.2) is 0 Å². The van der Waals surface area contributed by atoms with Gasteiger partial charge in [-0.3, -0.25) is 4.79 Å². The van der Waals surface area contributed by atoms with Gasteiger partial charge in [0.05, 0.1) is 18.8 Å². The first-order chi connectivity index (χ1) is 29.2. The van der Waals surface area contributed by atoms with Crippen LogP contribution >= 0.6 is 0 Å². The molecule has 4 heteroatoms. The van der Waals surface area contributed by atoms with Crippen molar-refractivity contribution in [3.63, 3.8) is 0 Å². The van der Waals surface area contributed by atoms with Crippen molar-refractivity contribution in [2.45, 2.75) is 302 Å². The summed E-state index contributed by atoms with van der Waals surface area (Å²) in [6.07, 6.45) is 68.7. The van der Waals surface area contributed by atoms with Gasteiger partial charge in [-0.15, -0.1) is 0 Å². The first-order valence-corrected chi connectivity index (χ1v) is 26.7. The molecule has 1 amide bonds. The van der Waals surface area contributed by atoms with Gasteiger partial charge in [0.25, 0.3) is 0 Å². The monoisotopic (exact) mass is 828 g/mol. The molecule has 59 heavy (non-hydrogen) atoms. The van der Waals surface area contributed by atoms with Crippen LogP contribution in [0.15, 0.2) is 36.5 Å². The molecule has 0 bridgehead atoms. The van der Waals surface area contributed by atoms with Gasteiger partial charge in [-0.1, -0.05) is 262 Å². The number of allylic oxidation sites excluding steroid dienone is 5. The molecule has 3 N–H and O–H groups in total. The van der Waals surface area contributed by atoms with Crippen LogP contribution in [-0.2, 0) is 4.79 Å². The van der Waals surface area contributed by atoms with Crippen LogP contribution in [0.2, 0.25) is 0 Å². The van der Waals surface area contributed by atoms with Crippen molar-refractivity contribution >= 4 is 5.91 Å². The summed E-state index contributed by atoms with van der Waals surface area (Å²) < 4.78 is 0. The molecule has 0 heterocycles. The van der Waals surface area contributed by atoms with Crippen LogP contribution in [0.4, 0.5) is 0 Å². The zero-order valence-electron chi connectivity index (χ0n) is 40.0. The van der Waals surface area contributed by atoms with Crippen LogP contribution in [-0.4, -0.2) is 34.9 Å². The Labute approximate surface area is 370 Å². The van der Waals surface area contributed by atoms with Crippen LogP contribution in [0.3, 0.4) is 0 Å². The summed E-state index contributed by atoms with van der Waals surface area (Å²) in [6.45, 7) is 4.32. The lowest BCUT2D eigenvalue weighted by atomic mass is 10.0. The van der Waals surface area contributed by atoms with E-state index >= 15 is 0 Å². The molecule has 0 saturated carbocycles. The van der Waals surface area contributed by atoms with E-state index in [4.69, 9.17) is 0 Å². The number of carbonyl (C=O) groups excluding carboxylic acids is 1. The Morgan fingerprint density at radius 1 is 0.390 bits per heavy atom. The van der Waals surface area contributed by atoms with Gasteiger partial charge in [-0.05, 0) is 57.8 Å². The van der Waals surface area contributed by atoms with E-state index in [-0.39, 0.29) is 12.5 Å². The molecule has 0 rings (SSSR count). The molecule has 0 aromatic heterocycles. The molecule has 2 atom stereocenters. The van der Waals surface area contributed by atoms with E-state index in [0.717, 1.165) is 32.1 Å². The minimum atomic E-state index is -0.863. The van der Waals surface area contributed by atoms with Crippen LogP contribution in [0.1, 0.15) is 290 Å². The molecule has 0 fully saturated rings. The third-order valence-electron chi connectivity index (χ3n) is 12.3. The second-order valence-electron chi connectivity index (χ2n) is 18.3. The Hall–Kier alpha value is -1.39. The lowest BCUT2D eigenvalue weighted by Crippen LogP contribution is -2.45. The van der Waals surface area contributed by atoms with Gasteiger partial charge in [0.2, 0.25) is 5.91 Å². The Morgan fingerprint density at radius 3 is 0.983 bits per heavy atom. The Morgan fingerprint density at radius 2 is 0.661 bits per heavy atom. The number of unbranched alkanes of at least 4 members (excludes halogenated alkanes) is 38. The standard InChI is InChI=1S/C55H105NO3/c1-3-5-7-9-11-13-15-17-19-21-23-25-26-27-28-29-31-32-34-36-38-40-42-44-46-48-50-54(58)53(52-57)56-55(59)51-49-47-45-43-41-39-37-35-33-30-24-22-20-18-16-14-12-10-8-6-4-2/h22,24,40,42,48,50,53-54,57-58H,3-21,23,25-39,41,43-47,49,51-52H2,1-2H3,(H,56,59)/b24-22-,42-40+,50-48+. The molecule has 0 aliphatic heterocycles. The molecular formula is C55H105NO3. The predicted molar refractivity (Wildman–Crippen MR) is 262 cm³/mol. The Balaban J connectivity index is 3.54. The second kappa shape index (κ2) is 51.0. The number of aliphatic hydroxyl groups excluding tert-OH is 2. The van der Waals surface area contributed by atoms with E-state index in [1.165, 1.54) is 238 Å². The van der Waals surface area contributed by atoms with Gasteiger partial charge in [0, 0.05) is 6.42 Å². The number of nitrogens with one attached hydrogen (secondary N) is 1. The van der Waals surface area contributed by atoms with E-state index in [1.54, 1.807) is 6.08 Å². The molecular weight excluding hydrogens is 723 g/mol. The summed E-state index contributed by atoms with van der Waals surface area (Å²) in [5, 5.41) is 23.1. The number of hydrogen-bond donors (Lipinski definition) is 3. The van der Waals surface area contributed by atoms with Crippen LogP contribution in [0.25, 0.3) is 0 Å². The predicted octanol–water partition coefficient (Wildman–Crippen LogP) is 17.3. The highest BCUT2D eigenvalue weighted by Gasteiger charge is 2.17. The summed E-state index contributed by atoms with van der Waals surface area (Å²) >= 11 is 0. The molecule has 2 unspecified atom stereocenters. The van der Waals surface area contributed by atoms with Crippen molar-refractivity contribution in [3.05, 3.63) is 36.5 Å². The summed E-state index contributed by atoms with van der Waals surface area (Å²) in [5.41, 5.74) is 0. The minimum Gasteiger partial charge on any atom is -0.394 e. The zero-order valence-corrected chi connectivity index (χ0v) is 40.0. The minimum absolute atomic E-state index is 0.0729. The highest BCUT2D eigenvalue weighted by Crippen LogP contribution is 2.16. The number of carbonyl (C=O) groups is 1. The summed E-state index contributed by atoms with van der Waals surface area (Å²) in [5.74, 6) is -0.0729. The molecule has 0 aliphatic carbocycles. The highest BCUT2D eigenvalue weighted by atomic mass is 16.3. The van der Waals surface area contributed by atoms with E-state index < -0.39 is 12.1 Å². The normalized spacial score (nSPS) is 13.1. The summed E-state index contributed by atoms with van der Waals surface area (Å²) in [6, 6.07) is -0.640. The molecule has 0 spiro atoms. The maximum Gasteiger partial charge on any atom is 0.220 e. The number of rotatable bonds is 49. The van der Waals surface area contributed by atoms with Crippen LogP contribution < -0.4 is 5.32 Å². The number of amides is 1. The SMILES string of the molecule is CCCCCCCCCC/C=C\CCCCCCCCCCCC(=O)NC(CO)C(O)/C=C/CC/C=C/CCCCCCCCCCCCCCCCCCCCCC. The summed E-state index contributed by atoms with van der Waals surface area (Å²) in [4.78, 5) is 12.4. The molecule has 348 valence electrons. The quantitative estimate of drug-likeness (QED) is 0.0423. The van der Waals surface area contributed by atoms with Crippen molar-refractivity contribution in [3.8, 4) is 0 Å². The molecule has 0 saturated heterocycles. The van der Waals surface area contributed by atoms with Crippen molar-refractivity contribution in [1.29, 1.82) is 0 Å². The first kappa shape index (κ1) is 57.6. The maximum absolute atomic E-state index is 12.4. The molecule has 0 aromatic rings. The third-order valence-corrected chi connectivity index (χ3v) is 12.3. The average molecular weight is 828 g/mol. The van der Waals surface area contributed by atoms with E-state index in [0.29, 0.717) is 6.42 Å². The molecule has 0 aliphatic rings. The van der Waals surface area contributed by atoms with Crippen molar-refractivity contribution in [2.24, 2.45) is 0 Å². The largest absolute Gasteiger partial charge is 0.394 e. The molecule has 4 nitrogen and oxygen atoms in total. The zero-order chi connectivity index (χ0) is 42.8. The van der Waals surface area contributed by atoms with Crippen LogP contribution in [0.5, 0.6) is 0 Å². The van der Waals surface area contributed by atoms with Gasteiger partial charge in [-0.2, -0.15) is 0 Å². The van der Waals surface area contributed by atoms with E-state index in [1.807, 2.05) is 6.08 Å². The molecule has 0 aromatic carbocycles.